The number of sulfone groups is 1. The highest BCUT2D eigenvalue weighted by atomic mass is 32.2. The first-order valence-electron chi connectivity index (χ1n) is 4.20. The number of sulfonamides is 1. The van der Waals surface area contributed by atoms with Crippen LogP contribution in [-0.4, -0.2) is 22.6 Å². The topological polar surface area (TPSA) is 94.3 Å². The average Bonchev–Trinajstić information content (AvgIpc) is 2.41. The van der Waals surface area contributed by atoms with Gasteiger partial charge in [0.2, 0.25) is 10.0 Å². The fourth-order valence-electron chi connectivity index (χ4n) is 1.68. The van der Waals surface area contributed by atoms with Gasteiger partial charge in [-0.25, -0.2) is 22.0 Å². The van der Waals surface area contributed by atoms with Crippen molar-refractivity contribution in [2.45, 2.75) is 16.2 Å². The van der Waals surface area contributed by atoms with E-state index in [2.05, 4.69) is 0 Å². The highest BCUT2D eigenvalue weighted by Crippen LogP contribution is 2.31. The highest BCUT2D eigenvalue weighted by Gasteiger charge is 2.32. The van der Waals surface area contributed by atoms with Gasteiger partial charge in [-0.05, 0) is 18.1 Å². The Bertz CT molecular complexity index is 616. The molecule has 0 atom stereocenters. The summed E-state index contributed by atoms with van der Waals surface area (Å²) in [5.41, 5.74) is 0.529. The Kier molecular flexibility index (Phi) is 2.14. The maximum Gasteiger partial charge on any atom is 0.239 e. The highest BCUT2D eigenvalue weighted by molar-refractivity contribution is 7.93. The summed E-state index contributed by atoms with van der Waals surface area (Å²) < 4.78 is 45.6. The van der Waals surface area contributed by atoms with E-state index in [0.717, 1.165) is 0 Å². The second-order valence-electron chi connectivity index (χ2n) is 3.36. The van der Waals surface area contributed by atoms with Crippen molar-refractivity contribution in [3.8, 4) is 0 Å². The van der Waals surface area contributed by atoms with E-state index >= 15 is 0 Å². The standard InChI is InChI=1S/C8H9NO4S2/c9-15(12,13)7-3-1-2-6-4-5-14(10,11)8(6)7/h1-3H,4-5H2,(H2,9,12,13). The number of rotatable bonds is 1. The van der Waals surface area contributed by atoms with Gasteiger partial charge >= 0.3 is 0 Å². The summed E-state index contributed by atoms with van der Waals surface area (Å²) in [6.07, 6.45) is 0.348. The smallest absolute Gasteiger partial charge is 0.225 e. The SMILES string of the molecule is NS(=O)(=O)c1cccc2c1S(=O)(=O)CC2. The first-order chi connectivity index (χ1) is 6.82. The molecule has 7 heteroatoms. The Morgan fingerprint density at radius 3 is 2.53 bits per heavy atom. The Morgan fingerprint density at radius 2 is 1.93 bits per heavy atom. The van der Waals surface area contributed by atoms with Gasteiger partial charge in [0.1, 0.15) is 4.90 Å². The molecule has 0 unspecified atom stereocenters. The molecule has 82 valence electrons. The number of hydrogen-bond acceptors (Lipinski definition) is 4. The fraction of sp³-hybridized carbons (Fsp3) is 0.250. The van der Waals surface area contributed by atoms with E-state index in [0.29, 0.717) is 12.0 Å². The quantitative estimate of drug-likeness (QED) is 0.734. The predicted octanol–water partition coefficient (Wildman–Crippen LogP) is -0.336. The van der Waals surface area contributed by atoms with Gasteiger partial charge in [0, 0.05) is 0 Å². The zero-order valence-corrected chi connectivity index (χ0v) is 9.31. The summed E-state index contributed by atoms with van der Waals surface area (Å²) in [5.74, 6) is -0.0468. The third kappa shape index (κ3) is 1.66. The summed E-state index contributed by atoms with van der Waals surface area (Å²) in [5, 5.41) is 4.96. The van der Waals surface area contributed by atoms with E-state index < -0.39 is 19.9 Å². The van der Waals surface area contributed by atoms with Crippen molar-refractivity contribution in [3.05, 3.63) is 23.8 Å². The second-order valence-corrected chi connectivity index (χ2v) is 6.93. The third-order valence-corrected chi connectivity index (χ3v) is 5.25. The van der Waals surface area contributed by atoms with Gasteiger partial charge in [-0.3, -0.25) is 0 Å². The molecule has 2 rings (SSSR count). The van der Waals surface area contributed by atoms with Gasteiger partial charge in [-0.15, -0.1) is 0 Å². The van der Waals surface area contributed by atoms with Gasteiger partial charge in [0.15, 0.2) is 9.84 Å². The van der Waals surface area contributed by atoms with Gasteiger partial charge < -0.3 is 0 Å². The van der Waals surface area contributed by atoms with E-state index in [1.54, 1.807) is 6.07 Å². The molecule has 0 saturated carbocycles. The number of primary sulfonamides is 1. The molecule has 1 aliphatic rings. The molecule has 0 amide bonds. The number of nitrogens with two attached hydrogens (primary N) is 1. The van der Waals surface area contributed by atoms with Crippen LogP contribution in [0, 0.1) is 0 Å². The maximum atomic E-state index is 11.6. The summed E-state index contributed by atoms with van der Waals surface area (Å²) >= 11 is 0. The molecular weight excluding hydrogens is 238 g/mol. The van der Waals surface area contributed by atoms with E-state index in [4.69, 9.17) is 5.14 Å². The maximum absolute atomic E-state index is 11.6. The van der Waals surface area contributed by atoms with Crippen LogP contribution in [0.5, 0.6) is 0 Å². The van der Waals surface area contributed by atoms with E-state index in [9.17, 15) is 16.8 Å². The Morgan fingerprint density at radius 1 is 1.27 bits per heavy atom. The molecule has 5 nitrogen and oxygen atoms in total. The molecule has 1 aromatic rings. The molecular formula is C8H9NO4S2. The van der Waals surface area contributed by atoms with E-state index in [-0.39, 0.29) is 15.5 Å². The molecule has 15 heavy (non-hydrogen) atoms. The minimum Gasteiger partial charge on any atom is -0.225 e. The lowest BCUT2D eigenvalue weighted by molar-refractivity contribution is 0.586. The lowest BCUT2D eigenvalue weighted by Gasteiger charge is -2.04. The predicted molar refractivity (Wildman–Crippen MR) is 53.6 cm³/mol. The summed E-state index contributed by atoms with van der Waals surface area (Å²) in [6, 6.07) is 4.32. The number of hydrogen-bond donors (Lipinski definition) is 1. The largest absolute Gasteiger partial charge is 0.239 e. The van der Waals surface area contributed by atoms with Gasteiger partial charge in [-0.1, -0.05) is 12.1 Å². The van der Waals surface area contributed by atoms with Crippen molar-refractivity contribution in [3.63, 3.8) is 0 Å². The van der Waals surface area contributed by atoms with Crippen molar-refractivity contribution < 1.29 is 16.8 Å². The second kappa shape index (κ2) is 3.03. The summed E-state index contributed by atoms with van der Waals surface area (Å²) in [4.78, 5) is -0.412. The van der Waals surface area contributed by atoms with Crippen LogP contribution in [0.4, 0.5) is 0 Å². The van der Waals surface area contributed by atoms with E-state index in [1.165, 1.54) is 12.1 Å². The van der Waals surface area contributed by atoms with Crippen molar-refractivity contribution in [1.82, 2.24) is 0 Å². The minimum absolute atomic E-state index is 0.0468. The zero-order chi connectivity index (χ0) is 11.3. The molecule has 0 radical (unpaired) electrons. The normalized spacial score (nSPS) is 18.7. The van der Waals surface area contributed by atoms with Gasteiger partial charge in [-0.2, -0.15) is 0 Å². The molecule has 1 aromatic carbocycles. The lowest BCUT2D eigenvalue weighted by Crippen LogP contribution is -2.16. The molecule has 0 bridgehead atoms. The monoisotopic (exact) mass is 247 g/mol. The lowest BCUT2D eigenvalue weighted by atomic mass is 10.2. The van der Waals surface area contributed by atoms with Crippen LogP contribution >= 0.6 is 0 Å². The molecule has 0 spiro atoms. The van der Waals surface area contributed by atoms with Crippen molar-refractivity contribution in [2.75, 3.05) is 5.75 Å². The summed E-state index contributed by atoms with van der Waals surface area (Å²) in [7, 11) is -7.46. The Hall–Kier alpha value is -0.920. The van der Waals surface area contributed by atoms with Crippen molar-refractivity contribution in [1.29, 1.82) is 0 Å². The molecule has 0 fully saturated rings. The summed E-state index contributed by atoms with van der Waals surface area (Å²) in [6.45, 7) is 0. The first-order valence-corrected chi connectivity index (χ1v) is 7.40. The molecule has 1 heterocycles. The molecule has 1 aliphatic heterocycles. The van der Waals surface area contributed by atoms with Crippen LogP contribution < -0.4 is 5.14 Å². The number of aryl methyl sites for hydroxylation is 1. The Labute approximate surface area is 87.9 Å². The first kappa shape index (κ1) is 10.6. The van der Waals surface area contributed by atoms with Crippen molar-refractivity contribution >= 4 is 19.9 Å². The van der Waals surface area contributed by atoms with Crippen LogP contribution in [0.1, 0.15) is 5.56 Å². The van der Waals surface area contributed by atoms with Gasteiger partial charge in [0.25, 0.3) is 0 Å². The van der Waals surface area contributed by atoms with Gasteiger partial charge in [0.05, 0.1) is 10.6 Å². The third-order valence-electron chi connectivity index (χ3n) is 2.32. The number of fused-ring (bicyclic) bond motifs is 1. The zero-order valence-electron chi connectivity index (χ0n) is 7.67. The van der Waals surface area contributed by atoms with Crippen LogP contribution in [-0.2, 0) is 26.3 Å². The Balaban J connectivity index is 2.88. The van der Waals surface area contributed by atoms with Crippen LogP contribution in [0.2, 0.25) is 0 Å². The molecule has 2 N–H and O–H groups in total. The van der Waals surface area contributed by atoms with Crippen LogP contribution in [0.25, 0.3) is 0 Å². The average molecular weight is 247 g/mol. The van der Waals surface area contributed by atoms with E-state index in [1.807, 2.05) is 0 Å². The molecule has 0 saturated heterocycles. The minimum atomic E-state index is -3.98. The van der Waals surface area contributed by atoms with Crippen LogP contribution in [0.15, 0.2) is 28.0 Å². The van der Waals surface area contributed by atoms with Crippen LogP contribution in [0.3, 0.4) is 0 Å². The number of benzene rings is 1. The van der Waals surface area contributed by atoms with Crippen molar-refractivity contribution in [2.24, 2.45) is 5.14 Å². The fourth-order valence-corrected chi connectivity index (χ4v) is 4.71. The molecule has 0 aromatic heterocycles. The molecule has 0 aliphatic carbocycles.